The van der Waals surface area contributed by atoms with Gasteiger partial charge in [-0.15, -0.1) is 0 Å². The summed E-state index contributed by atoms with van der Waals surface area (Å²) in [6.07, 6.45) is 3.85. The van der Waals surface area contributed by atoms with E-state index in [1.165, 1.54) is 18.5 Å². The Bertz CT molecular complexity index is 443. The van der Waals surface area contributed by atoms with Crippen LogP contribution >= 0.6 is 28.1 Å². The van der Waals surface area contributed by atoms with E-state index < -0.39 is 0 Å². The molecule has 0 unspecified atom stereocenters. The molecule has 98 valence electrons. The molecule has 0 aromatic heterocycles. The maximum Gasteiger partial charge on any atom is 0.107 e. The van der Waals surface area contributed by atoms with E-state index >= 15 is 0 Å². The molecule has 4 heteroatoms. The highest BCUT2D eigenvalue weighted by molar-refractivity contribution is 9.10. The summed E-state index contributed by atoms with van der Waals surface area (Å²) >= 11 is 8.75. The lowest BCUT2D eigenvalue weighted by molar-refractivity contribution is 0.707. The van der Waals surface area contributed by atoms with Gasteiger partial charge in [0.05, 0.1) is 0 Å². The molecule has 18 heavy (non-hydrogen) atoms. The lowest BCUT2D eigenvalue weighted by Crippen LogP contribution is -2.29. The zero-order chi connectivity index (χ0) is 13.1. The maximum absolute atomic E-state index is 5.87. The Morgan fingerprint density at radius 2 is 2.22 bits per heavy atom. The Kier molecular flexibility index (Phi) is 4.62. The number of hydrogen-bond donors (Lipinski definition) is 1. The van der Waals surface area contributed by atoms with Crippen molar-refractivity contribution in [2.75, 3.05) is 18.0 Å². The fourth-order valence-corrected chi connectivity index (χ4v) is 3.13. The van der Waals surface area contributed by atoms with Crippen LogP contribution in [0.15, 0.2) is 22.7 Å². The molecule has 1 saturated carbocycles. The van der Waals surface area contributed by atoms with Crippen molar-refractivity contribution < 1.29 is 0 Å². The molecule has 1 fully saturated rings. The third-order valence-electron chi connectivity index (χ3n) is 3.25. The van der Waals surface area contributed by atoms with Crippen molar-refractivity contribution in [3.05, 3.63) is 28.2 Å². The van der Waals surface area contributed by atoms with Gasteiger partial charge in [0.2, 0.25) is 0 Å². The van der Waals surface area contributed by atoms with E-state index in [0.29, 0.717) is 4.99 Å². The number of thiocarbonyl (C=S) groups is 1. The minimum atomic E-state index is 0.467. The number of anilines is 1. The standard InChI is InChI=1S/C14H19BrN2S/c1-2-8-17(9-10-6-7-10)12-5-3-4-11(15)13(12)14(16)18/h3-5,10H,2,6-9H2,1H3,(H2,16,18). The van der Waals surface area contributed by atoms with Crippen LogP contribution in [0.25, 0.3) is 0 Å². The zero-order valence-corrected chi connectivity index (χ0v) is 13.1. The summed E-state index contributed by atoms with van der Waals surface area (Å²) in [5, 5.41) is 0. The second kappa shape index (κ2) is 6.02. The van der Waals surface area contributed by atoms with Crippen molar-refractivity contribution in [1.29, 1.82) is 0 Å². The van der Waals surface area contributed by atoms with Crippen molar-refractivity contribution in [2.24, 2.45) is 11.7 Å². The minimum Gasteiger partial charge on any atom is -0.389 e. The molecule has 0 aliphatic heterocycles. The average molecular weight is 327 g/mol. The third kappa shape index (κ3) is 3.23. The van der Waals surface area contributed by atoms with Crippen molar-refractivity contribution in [2.45, 2.75) is 26.2 Å². The molecule has 2 N–H and O–H groups in total. The molecule has 2 rings (SSSR count). The molecule has 0 radical (unpaired) electrons. The largest absolute Gasteiger partial charge is 0.389 e. The summed E-state index contributed by atoms with van der Waals surface area (Å²) in [5.41, 5.74) is 8.02. The van der Waals surface area contributed by atoms with Gasteiger partial charge in [-0.3, -0.25) is 0 Å². The first kappa shape index (κ1) is 13.8. The molecular weight excluding hydrogens is 308 g/mol. The number of nitrogens with zero attached hydrogens (tertiary/aromatic N) is 1. The van der Waals surface area contributed by atoms with E-state index in [-0.39, 0.29) is 0 Å². The first-order valence-corrected chi connectivity index (χ1v) is 7.66. The predicted molar refractivity (Wildman–Crippen MR) is 85.3 cm³/mol. The van der Waals surface area contributed by atoms with Gasteiger partial charge in [-0.05, 0) is 53.2 Å². The second-order valence-electron chi connectivity index (χ2n) is 4.89. The van der Waals surface area contributed by atoms with E-state index in [4.69, 9.17) is 18.0 Å². The van der Waals surface area contributed by atoms with Gasteiger partial charge in [-0.1, -0.05) is 25.2 Å². The first-order chi connectivity index (χ1) is 8.63. The first-order valence-electron chi connectivity index (χ1n) is 6.46. The van der Waals surface area contributed by atoms with Gasteiger partial charge in [0.1, 0.15) is 4.99 Å². The Balaban J connectivity index is 2.32. The van der Waals surface area contributed by atoms with Crippen LogP contribution < -0.4 is 10.6 Å². The Morgan fingerprint density at radius 1 is 1.50 bits per heavy atom. The van der Waals surface area contributed by atoms with E-state index in [1.807, 2.05) is 6.07 Å². The molecule has 0 bridgehead atoms. The molecule has 1 aromatic carbocycles. The summed E-state index contributed by atoms with van der Waals surface area (Å²) < 4.78 is 0.990. The molecule has 1 aromatic rings. The van der Waals surface area contributed by atoms with Crippen LogP contribution in [-0.4, -0.2) is 18.1 Å². The lowest BCUT2D eigenvalue weighted by atomic mass is 10.1. The van der Waals surface area contributed by atoms with Crippen molar-refractivity contribution >= 4 is 38.8 Å². The van der Waals surface area contributed by atoms with Crippen molar-refractivity contribution in [3.8, 4) is 0 Å². The highest BCUT2D eigenvalue weighted by Gasteiger charge is 2.25. The lowest BCUT2D eigenvalue weighted by Gasteiger charge is -2.27. The van der Waals surface area contributed by atoms with Crippen LogP contribution in [0.5, 0.6) is 0 Å². The summed E-state index contributed by atoms with van der Waals surface area (Å²) in [6.45, 7) is 4.39. The smallest absolute Gasteiger partial charge is 0.107 e. The van der Waals surface area contributed by atoms with Crippen LogP contribution in [0.4, 0.5) is 5.69 Å². The second-order valence-corrected chi connectivity index (χ2v) is 6.18. The maximum atomic E-state index is 5.87. The van der Waals surface area contributed by atoms with Gasteiger partial charge in [0.25, 0.3) is 0 Å². The summed E-state index contributed by atoms with van der Waals surface area (Å²) in [7, 11) is 0. The number of nitrogens with two attached hydrogens (primary N) is 1. The van der Waals surface area contributed by atoms with E-state index in [2.05, 4.69) is 39.9 Å². The third-order valence-corrected chi connectivity index (χ3v) is 4.11. The quantitative estimate of drug-likeness (QED) is 0.808. The highest BCUT2D eigenvalue weighted by atomic mass is 79.9. The molecule has 0 spiro atoms. The highest BCUT2D eigenvalue weighted by Crippen LogP contribution is 2.34. The Morgan fingerprint density at radius 3 is 2.78 bits per heavy atom. The topological polar surface area (TPSA) is 29.3 Å². The molecule has 1 aliphatic carbocycles. The van der Waals surface area contributed by atoms with E-state index in [1.54, 1.807) is 0 Å². The number of hydrogen-bond acceptors (Lipinski definition) is 2. The summed E-state index contributed by atoms with van der Waals surface area (Å²) in [6, 6.07) is 6.17. The van der Waals surface area contributed by atoms with Gasteiger partial charge >= 0.3 is 0 Å². The van der Waals surface area contributed by atoms with Crippen LogP contribution in [0.2, 0.25) is 0 Å². The fraction of sp³-hybridized carbons (Fsp3) is 0.500. The molecular formula is C14H19BrN2S. The predicted octanol–water partition coefficient (Wildman–Crippen LogP) is 3.71. The molecule has 0 amide bonds. The van der Waals surface area contributed by atoms with Crippen LogP contribution in [-0.2, 0) is 0 Å². The molecule has 0 atom stereocenters. The zero-order valence-electron chi connectivity index (χ0n) is 10.7. The molecule has 1 aliphatic rings. The van der Waals surface area contributed by atoms with Gasteiger partial charge < -0.3 is 10.6 Å². The Hall–Kier alpha value is -0.610. The average Bonchev–Trinajstić information content (AvgIpc) is 3.11. The van der Waals surface area contributed by atoms with E-state index in [9.17, 15) is 0 Å². The Labute approximate surface area is 123 Å². The SMILES string of the molecule is CCCN(CC1CC1)c1cccc(Br)c1C(N)=S. The number of benzene rings is 1. The minimum absolute atomic E-state index is 0.467. The number of rotatable bonds is 6. The van der Waals surface area contributed by atoms with Crippen molar-refractivity contribution in [1.82, 2.24) is 0 Å². The number of halogens is 1. The van der Waals surface area contributed by atoms with E-state index in [0.717, 1.165) is 35.5 Å². The molecule has 0 heterocycles. The van der Waals surface area contributed by atoms with Crippen molar-refractivity contribution in [3.63, 3.8) is 0 Å². The summed E-state index contributed by atoms with van der Waals surface area (Å²) in [5.74, 6) is 0.856. The van der Waals surface area contributed by atoms with Crippen LogP contribution in [0.1, 0.15) is 31.7 Å². The fourth-order valence-electron chi connectivity index (χ4n) is 2.21. The van der Waals surface area contributed by atoms with Crippen LogP contribution in [0, 0.1) is 5.92 Å². The van der Waals surface area contributed by atoms with Gasteiger partial charge in [0.15, 0.2) is 0 Å². The van der Waals surface area contributed by atoms with Gasteiger partial charge in [-0.25, -0.2) is 0 Å². The molecule has 0 saturated heterocycles. The summed E-state index contributed by atoms with van der Waals surface area (Å²) in [4.78, 5) is 2.89. The van der Waals surface area contributed by atoms with Gasteiger partial charge in [-0.2, -0.15) is 0 Å². The van der Waals surface area contributed by atoms with Crippen LogP contribution in [0.3, 0.4) is 0 Å². The molecule has 2 nitrogen and oxygen atoms in total. The monoisotopic (exact) mass is 326 g/mol. The normalized spacial score (nSPS) is 14.6. The van der Waals surface area contributed by atoms with Gasteiger partial charge in [0, 0.05) is 28.8 Å².